The molecule has 0 radical (unpaired) electrons. The van der Waals surface area contributed by atoms with Gasteiger partial charge in [0, 0.05) is 18.5 Å². The lowest BCUT2D eigenvalue weighted by atomic mass is 9.95. The van der Waals surface area contributed by atoms with E-state index in [2.05, 4.69) is 15.2 Å². The summed E-state index contributed by atoms with van der Waals surface area (Å²) < 4.78 is 0. The van der Waals surface area contributed by atoms with Gasteiger partial charge in [-0.15, -0.1) is 11.3 Å². The average Bonchev–Trinajstić information content (AvgIpc) is 2.75. The van der Waals surface area contributed by atoms with Gasteiger partial charge in [0.25, 0.3) is 0 Å². The van der Waals surface area contributed by atoms with Gasteiger partial charge in [0.1, 0.15) is 0 Å². The summed E-state index contributed by atoms with van der Waals surface area (Å²) in [6.45, 7) is 4.44. The van der Waals surface area contributed by atoms with Gasteiger partial charge in [-0.05, 0) is 38.6 Å². The van der Waals surface area contributed by atoms with Gasteiger partial charge in [0.15, 0.2) is 5.13 Å². The Morgan fingerprint density at radius 2 is 2.53 bits per heavy atom. The Labute approximate surface area is 117 Å². The van der Waals surface area contributed by atoms with Crippen molar-refractivity contribution in [3.63, 3.8) is 0 Å². The van der Waals surface area contributed by atoms with Gasteiger partial charge < -0.3 is 10.4 Å². The average molecular weight is 283 g/mol. The summed E-state index contributed by atoms with van der Waals surface area (Å²) in [4.78, 5) is 18.3. The lowest BCUT2D eigenvalue weighted by Crippen LogP contribution is -2.40. The normalized spacial score (nSPS) is 20.4. The molecular weight excluding hydrogens is 262 g/mol. The molecule has 2 N–H and O–H groups in total. The predicted molar refractivity (Wildman–Crippen MR) is 76.3 cm³/mol. The first-order valence-electron chi connectivity index (χ1n) is 6.72. The van der Waals surface area contributed by atoms with Crippen molar-refractivity contribution in [1.29, 1.82) is 0 Å². The second-order valence-corrected chi connectivity index (χ2v) is 5.96. The van der Waals surface area contributed by atoms with Crippen molar-refractivity contribution in [2.75, 3.05) is 31.6 Å². The van der Waals surface area contributed by atoms with Crippen LogP contribution >= 0.6 is 11.3 Å². The quantitative estimate of drug-likeness (QED) is 0.859. The van der Waals surface area contributed by atoms with E-state index < -0.39 is 0 Å². The minimum atomic E-state index is -0.000927. The fourth-order valence-electron chi connectivity index (χ4n) is 2.49. The number of aromatic nitrogens is 1. The van der Waals surface area contributed by atoms with Crippen LogP contribution in [0.5, 0.6) is 0 Å². The number of carbonyl (C=O) groups is 1. The number of thiazole rings is 1. The molecular formula is C13H21N3O2S. The molecule has 0 spiro atoms. The van der Waals surface area contributed by atoms with Crippen LogP contribution in [0.2, 0.25) is 0 Å². The van der Waals surface area contributed by atoms with Gasteiger partial charge in [0.2, 0.25) is 5.91 Å². The van der Waals surface area contributed by atoms with E-state index in [1.54, 1.807) is 0 Å². The zero-order valence-corrected chi connectivity index (χ0v) is 12.1. The van der Waals surface area contributed by atoms with Gasteiger partial charge in [-0.25, -0.2) is 4.98 Å². The summed E-state index contributed by atoms with van der Waals surface area (Å²) in [6, 6.07) is 0. The first-order chi connectivity index (χ1) is 9.17. The maximum atomic E-state index is 11.9. The van der Waals surface area contributed by atoms with Crippen LogP contribution < -0.4 is 5.32 Å². The third-order valence-corrected chi connectivity index (χ3v) is 4.25. The van der Waals surface area contributed by atoms with Crippen LogP contribution in [-0.2, 0) is 4.79 Å². The highest BCUT2D eigenvalue weighted by molar-refractivity contribution is 7.13. The number of amides is 1. The molecule has 5 nitrogen and oxygen atoms in total. The molecule has 1 aromatic heterocycles. The molecule has 1 unspecified atom stereocenters. The number of aliphatic hydroxyl groups excluding tert-OH is 1. The molecule has 1 aliphatic heterocycles. The fourth-order valence-corrected chi connectivity index (χ4v) is 3.19. The molecule has 2 rings (SSSR count). The van der Waals surface area contributed by atoms with Crippen LogP contribution in [0.4, 0.5) is 5.13 Å². The molecule has 6 heteroatoms. The van der Waals surface area contributed by atoms with E-state index in [9.17, 15) is 4.79 Å². The molecule has 0 saturated carbocycles. The number of rotatable bonds is 5. The second kappa shape index (κ2) is 6.98. The lowest BCUT2D eigenvalue weighted by Gasteiger charge is -2.31. The van der Waals surface area contributed by atoms with E-state index in [1.807, 2.05) is 12.3 Å². The van der Waals surface area contributed by atoms with E-state index in [0.717, 1.165) is 38.0 Å². The number of hydrogen-bond donors (Lipinski definition) is 2. The standard InChI is InChI=1S/C13H21N3O2S/c1-10-9-19-13(14-10)15-12(18)8-16-5-2-3-11(7-16)4-6-17/h9,11,17H,2-8H2,1H3,(H,14,15,18). The van der Waals surface area contributed by atoms with Gasteiger partial charge in [0.05, 0.1) is 12.2 Å². The molecule has 1 aromatic rings. The highest BCUT2D eigenvalue weighted by Crippen LogP contribution is 2.19. The molecule has 1 amide bonds. The monoisotopic (exact) mass is 283 g/mol. The molecule has 0 bridgehead atoms. The van der Waals surface area contributed by atoms with E-state index >= 15 is 0 Å². The SMILES string of the molecule is Cc1csc(NC(=O)CN2CCCC(CCO)C2)n1. The van der Waals surface area contributed by atoms with Crippen molar-refractivity contribution in [1.82, 2.24) is 9.88 Å². The fraction of sp³-hybridized carbons (Fsp3) is 0.692. The van der Waals surface area contributed by atoms with E-state index in [1.165, 1.54) is 11.3 Å². The van der Waals surface area contributed by atoms with Gasteiger partial charge >= 0.3 is 0 Å². The van der Waals surface area contributed by atoms with Crippen LogP contribution in [-0.4, -0.2) is 47.1 Å². The minimum absolute atomic E-state index is 0.000927. The third kappa shape index (κ3) is 4.56. The molecule has 1 saturated heterocycles. The molecule has 1 fully saturated rings. The highest BCUT2D eigenvalue weighted by atomic mass is 32.1. The van der Waals surface area contributed by atoms with Crippen LogP contribution in [0, 0.1) is 12.8 Å². The van der Waals surface area contributed by atoms with Crippen LogP contribution in [0.1, 0.15) is 25.0 Å². The van der Waals surface area contributed by atoms with Crippen molar-refractivity contribution >= 4 is 22.4 Å². The Hall–Kier alpha value is -0.980. The number of nitrogens with one attached hydrogen (secondary N) is 1. The topological polar surface area (TPSA) is 65.5 Å². The van der Waals surface area contributed by atoms with Crippen LogP contribution in [0.25, 0.3) is 0 Å². The van der Waals surface area contributed by atoms with Gasteiger partial charge in [-0.1, -0.05) is 0 Å². The lowest BCUT2D eigenvalue weighted by molar-refractivity contribution is -0.117. The molecule has 1 atom stereocenters. The van der Waals surface area contributed by atoms with Crippen LogP contribution in [0.3, 0.4) is 0 Å². The number of nitrogens with zero attached hydrogens (tertiary/aromatic N) is 2. The van der Waals surface area contributed by atoms with Crippen molar-refractivity contribution in [2.45, 2.75) is 26.2 Å². The zero-order valence-electron chi connectivity index (χ0n) is 11.3. The van der Waals surface area contributed by atoms with Crippen LogP contribution in [0.15, 0.2) is 5.38 Å². The smallest absolute Gasteiger partial charge is 0.240 e. The van der Waals surface area contributed by atoms with E-state index in [-0.39, 0.29) is 12.5 Å². The van der Waals surface area contributed by atoms with E-state index in [0.29, 0.717) is 17.6 Å². The number of hydrogen-bond acceptors (Lipinski definition) is 5. The number of aliphatic hydroxyl groups is 1. The Balaban J connectivity index is 1.78. The predicted octanol–water partition coefficient (Wildman–Crippen LogP) is 1.48. The molecule has 0 aliphatic carbocycles. The minimum Gasteiger partial charge on any atom is -0.396 e. The van der Waals surface area contributed by atoms with Crippen molar-refractivity contribution in [3.05, 3.63) is 11.1 Å². The maximum Gasteiger partial charge on any atom is 0.240 e. The maximum absolute atomic E-state index is 11.9. The van der Waals surface area contributed by atoms with Crippen molar-refractivity contribution in [3.8, 4) is 0 Å². The molecule has 0 aromatic carbocycles. The number of likely N-dealkylation sites (tertiary alicyclic amines) is 1. The van der Waals surface area contributed by atoms with Crippen molar-refractivity contribution in [2.24, 2.45) is 5.92 Å². The summed E-state index contributed by atoms with van der Waals surface area (Å²) in [5.41, 5.74) is 0.932. The largest absolute Gasteiger partial charge is 0.396 e. The summed E-state index contributed by atoms with van der Waals surface area (Å²) >= 11 is 1.45. The Bertz CT molecular complexity index is 420. The molecule has 2 heterocycles. The summed E-state index contributed by atoms with van der Waals surface area (Å²) in [7, 11) is 0. The molecule has 19 heavy (non-hydrogen) atoms. The number of carbonyl (C=O) groups excluding carboxylic acids is 1. The van der Waals surface area contributed by atoms with Gasteiger partial charge in [-0.3, -0.25) is 9.69 Å². The van der Waals surface area contributed by atoms with Gasteiger partial charge in [-0.2, -0.15) is 0 Å². The second-order valence-electron chi connectivity index (χ2n) is 5.10. The highest BCUT2D eigenvalue weighted by Gasteiger charge is 2.21. The number of anilines is 1. The molecule has 106 valence electrons. The Kier molecular flexibility index (Phi) is 5.30. The Morgan fingerprint density at radius 1 is 1.68 bits per heavy atom. The number of piperidine rings is 1. The summed E-state index contributed by atoms with van der Waals surface area (Å²) in [6.07, 6.45) is 3.10. The molecule has 1 aliphatic rings. The van der Waals surface area contributed by atoms with E-state index in [4.69, 9.17) is 5.11 Å². The third-order valence-electron chi connectivity index (χ3n) is 3.37. The first-order valence-corrected chi connectivity index (χ1v) is 7.60. The van der Waals surface area contributed by atoms with Crippen molar-refractivity contribution < 1.29 is 9.90 Å². The summed E-state index contributed by atoms with van der Waals surface area (Å²) in [5, 5.41) is 14.4. The first kappa shape index (κ1) is 14.4. The zero-order chi connectivity index (χ0) is 13.7. The number of aryl methyl sites for hydroxylation is 1. The summed E-state index contributed by atoms with van der Waals surface area (Å²) in [5.74, 6) is 0.521. The Morgan fingerprint density at radius 3 is 3.21 bits per heavy atom.